The highest BCUT2D eigenvalue weighted by atomic mass is 35.5. The largest absolute Gasteiger partial charge is 0.319 e. The van der Waals surface area contributed by atoms with Crippen molar-refractivity contribution < 1.29 is 14.0 Å². The summed E-state index contributed by atoms with van der Waals surface area (Å²) in [6.07, 6.45) is 13.0. The Kier molecular flexibility index (Phi) is 5.99. The van der Waals surface area contributed by atoms with Gasteiger partial charge in [-0.2, -0.15) is 0 Å². The Bertz CT molecular complexity index is 759. The van der Waals surface area contributed by atoms with E-state index in [-0.39, 0.29) is 33.5 Å². The van der Waals surface area contributed by atoms with Crippen LogP contribution in [0.2, 0.25) is 5.02 Å². The molecule has 4 rings (SSSR count). The third kappa shape index (κ3) is 4.51. The second kappa shape index (κ2) is 8.35. The molecule has 0 unspecified atom stereocenters. The Labute approximate surface area is 177 Å². The fourth-order valence-electron chi connectivity index (χ4n) is 5.93. The number of hydrogen-bond donors (Lipinski definition) is 2. The molecule has 0 aromatic heterocycles. The van der Waals surface area contributed by atoms with E-state index in [1.54, 1.807) is 0 Å². The first-order valence-corrected chi connectivity index (χ1v) is 11.4. The molecule has 6 heteroatoms. The minimum absolute atomic E-state index is 0.00818. The van der Waals surface area contributed by atoms with Crippen LogP contribution in [-0.4, -0.2) is 22.8 Å². The number of nitrogens with one attached hydrogen (secondary N) is 2. The van der Waals surface area contributed by atoms with Crippen molar-refractivity contribution in [1.29, 1.82) is 0 Å². The maximum Gasteiger partial charge on any atom is 0.292 e. The van der Waals surface area contributed by atoms with Gasteiger partial charge < -0.3 is 10.6 Å². The van der Waals surface area contributed by atoms with Gasteiger partial charge in [0.15, 0.2) is 0 Å². The predicted molar refractivity (Wildman–Crippen MR) is 113 cm³/mol. The smallest absolute Gasteiger partial charge is 0.292 e. The molecule has 2 aliphatic carbocycles. The lowest BCUT2D eigenvalue weighted by Crippen LogP contribution is -2.65. The standard InChI is InChI=1S/C23H30ClFN2O2/c24-18-8-7-17(13-19(18)25)26-21(29)20(28)16-14-22(9-3-1-4-10-22)27-23(15-16)11-5-2-6-12-23/h7-8,13,16,27H,1-6,9-12,14-15H2,(H,26,29). The van der Waals surface area contributed by atoms with E-state index in [0.717, 1.165) is 44.6 Å². The summed E-state index contributed by atoms with van der Waals surface area (Å²) in [7, 11) is 0. The van der Waals surface area contributed by atoms with Gasteiger partial charge in [0, 0.05) is 22.7 Å². The van der Waals surface area contributed by atoms with Crippen LogP contribution in [0.5, 0.6) is 0 Å². The van der Waals surface area contributed by atoms with Gasteiger partial charge in [-0.25, -0.2) is 4.39 Å². The molecule has 158 valence electrons. The van der Waals surface area contributed by atoms with Gasteiger partial charge in [0.2, 0.25) is 5.78 Å². The molecule has 4 nitrogen and oxygen atoms in total. The molecule has 1 aliphatic heterocycles. The van der Waals surface area contributed by atoms with E-state index in [1.165, 1.54) is 50.7 Å². The Morgan fingerprint density at radius 2 is 1.52 bits per heavy atom. The quantitative estimate of drug-likeness (QED) is 0.644. The lowest BCUT2D eigenvalue weighted by Gasteiger charge is -2.55. The molecule has 0 bridgehead atoms. The van der Waals surface area contributed by atoms with E-state index in [2.05, 4.69) is 10.6 Å². The highest BCUT2D eigenvalue weighted by Gasteiger charge is 2.50. The van der Waals surface area contributed by atoms with Gasteiger partial charge in [-0.05, 0) is 56.7 Å². The molecule has 1 aromatic carbocycles. The fourth-order valence-corrected chi connectivity index (χ4v) is 6.05. The van der Waals surface area contributed by atoms with Crippen molar-refractivity contribution in [2.75, 3.05) is 5.32 Å². The SMILES string of the molecule is O=C(Nc1ccc(Cl)c(F)c1)C(=O)C1CC2(CCCCC2)NC2(CCCCC2)C1. The third-order valence-corrected chi connectivity index (χ3v) is 7.50. The number of benzene rings is 1. The monoisotopic (exact) mass is 420 g/mol. The summed E-state index contributed by atoms with van der Waals surface area (Å²) in [6, 6.07) is 4.06. The van der Waals surface area contributed by atoms with Crippen molar-refractivity contribution in [2.24, 2.45) is 5.92 Å². The lowest BCUT2D eigenvalue weighted by atomic mass is 9.63. The van der Waals surface area contributed by atoms with Gasteiger partial charge in [0.05, 0.1) is 5.02 Å². The predicted octanol–water partition coefficient (Wildman–Crippen LogP) is 5.39. The number of piperidine rings is 1. The van der Waals surface area contributed by atoms with Crippen LogP contribution in [0.25, 0.3) is 0 Å². The molecule has 0 atom stereocenters. The molecule has 3 fully saturated rings. The molecular formula is C23H30ClFN2O2. The molecule has 2 spiro atoms. The molecule has 1 heterocycles. The van der Waals surface area contributed by atoms with Crippen LogP contribution in [0.3, 0.4) is 0 Å². The summed E-state index contributed by atoms with van der Waals surface area (Å²) >= 11 is 5.71. The van der Waals surface area contributed by atoms with Crippen LogP contribution in [-0.2, 0) is 9.59 Å². The molecule has 1 amide bonds. The average Bonchev–Trinajstić information content (AvgIpc) is 2.70. The van der Waals surface area contributed by atoms with E-state index < -0.39 is 11.7 Å². The van der Waals surface area contributed by atoms with Crippen LogP contribution < -0.4 is 10.6 Å². The van der Waals surface area contributed by atoms with E-state index in [9.17, 15) is 14.0 Å². The minimum atomic E-state index is -0.643. The number of anilines is 1. The molecule has 1 saturated heterocycles. The van der Waals surface area contributed by atoms with Crippen LogP contribution in [0.15, 0.2) is 18.2 Å². The molecule has 1 aromatic rings. The average molecular weight is 421 g/mol. The number of carbonyl (C=O) groups is 2. The van der Waals surface area contributed by atoms with Crippen LogP contribution >= 0.6 is 11.6 Å². The Morgan fingerprint density at radius 1 is 0.966 bits per heavy atom. The minimum Gasteiger partial charge on any atom is -0.319 e. The number of amides is 1. The third-order valence-electron chi connectivity index (χ3n) is 7.20. The number of rotatable bonds is 3. The summed E-state index contributed by atoms with van der Waals surface area (Å²) in [6.45, 7) is 0. The Balaban J connectivity index is 1.52. The number of carbonyl (C=O) groups excluding carboxylic acids is 2. The number of Topliss-reactive ketones (excluding diaryl/α,β-unsaturated/α-hetero) is 1. The maximum absolute atomic E-state index is 13.7. The van der Waals surface area contributed by atoms with Crippen molar-refractivity contribution in [3.63, 3.8) is 0 Å². The Hall–Kier alpha value is -1.46. The van der Waals surface area contributed by atoms with Gasteiger partial charge in [-0.3, -0.25) is 9.59 Å². The summed E-state index contributed by atoms with van der Waals surface area (Å²) in [5, 5.41) is 6.60. The zero-order chi connectivity index (χ0) is 20.5. The van der Waals surface area contributed by atoms with Crippen molar-refractivity contribution in [3.05, 3.63) is 29.0 Å². The van der Waals surface area contributed by atoms with Gasteiger partial charge in [0.25, 0.3) is 5.91 Å². The molecule has 3 aliphatic rings. The van der Waals surface area contributed by atoms with E-state index in [4.69, 9.17) is 11.6 Å². The zero-order valence-corrected chi connectivity index (χ0v) is 17.6. The van der Waals surface area contributed by atoms with Gasteiger partial charge in [0.1, 0.15) is 5.82 Å². The first-order chi connectivity index (χ1) is 13.9. The summed E-state index contributed by atoms with van der Waals surface area (Å²) in [5.74, 6) is -1.89. The van der Waals surface area contributed by atoms with Crippen molar-refractivity contribution in [3.8, 4) is 0 Å². The first-order valence-electron chi connectivity index (χ1n) is 11.0. The lowest BCUT2D eigenvalue weighted by molar-refractivity contribution is -0.140. The Morgan fingerprint density at radius 3 is 2.03 bits per heavy atom. The van der Waals surface area contributed by atoms with Crippen LogP contribution in [0.4, 0.5) is 10.1 Å². The van der Waals surface area contributed by atoms with Gasteiger partial charge in [-0.15, -0.1) is 0 Å². The topological polar surface area (TPSA) is 58.2 Å². The summed E-state index contributed by atoms with van der Waals surface area (Å²) < 4.78 is 13.7. The highest BCUT2D eigenvalue weighted by Crippen LogP contribution is 2.46. The van der Waals surface area contributed by atoms with Gasteiger partial charge >= 0.3 is 0 Å². The maximum atomic E-state index is 13.7. The van der Waals surface area contributed by atoms with Crippen molar-refractivity contribution >= 4 is 29.0 Å². The second-order valence-electron chi connectivity index (χ2n) is 9.36. The van der Waals surface area contributed by atoms with E-state index >= 15 is 0 Å². The highest BCUT2D eigenvalue weighted by molar-refractivity contribution is 6.41. The molecular weight excluding hydrogens is 391 g/mol. The van der Waals surface area contributed by atoms with Crippen molar-refractivity contribution in [2.45, 2.75) is 88.1 Å². The number of ketones is 1. The van der Waals surface area contributed by atoms with Gasteiger partial charge in [-0.1, -0.05) is 50.1 Å². The van der Waals surface area contributed by atoms with Crippen molar-refractivity contribution in [1.82, 2.24) is 5.32 Å². The zero-order valence-electron chi connectivity index (χ0n) is 16.9. The van der Waals surface area contributed by atoms with Crippen LogP contribution in [0.1, 0.15) is 77.0 Å². The van der Waals surface area contributed by atoms with E-state index in [0.29, 0.717) is 0 Å². The van der Waals surface area contributed by atoms with Crippen LogP contribution in [0, 0.1) is 11.7 Å². The summed E-state index contributed by atoms with van der Waals surface area (Å²) in [5.41, 5.74) is 0.237. The first kappa shape index (κ1) is 20.8. The van der Waals surface area contributed by atoms with E-state index in [1.807, 2.05) is 0 Å². The number of halogens is 2. The fraction of sp³-hybridized carbons (Fsp3) is 0.652. The summed E-state index contributed by atoms with van der Waals surface area (Å²) in [4.78, 5) is 25.9. The molecule has 2 saturated carbocycles. The molecule has 2 N–H and O–H groups in total. The second-order valence-corrected chi connectivity index (χ2v) is 9.77. The normalized spacial score (nSPS) is 25.7. The molecule has 29 heavy (non-hydrogen) atoms. The molecule has 0 radical (unpaired) electrons. The number of hydrogen-bond acceptors (Lipinski definition) is 3.